The van der Waals surface area contributed by atoms with E-state index in [0.717, 1.165) is 19.5 Å². The number of hydrogen-bond donors (Lipinski definition) is 3. The van der Waals surface area contributed by atoms with Gasteiger partial charge in [-0.15, -0.1) is 11.3 Å². The SMILES string of the molecule is CCNC(=NCC(C)Cc1cccs1)NCCN1C(=O)CNC1=O. The van der Waals surface area contributed by atoms with Crippen LogP contribution in [0.5, 0.6) is 0 Å². The van der Waals surface area contributed by atoms with Crippen LogP contribution in [0.4, 0.5) is 4.79 Å². The van der Waals surface area contributed by atoms with Crippen LogP contribution in [0.25, 0.3) is 0 Å². The molecule has 7 nitrogen and oxygen atoms in total. The molecule has 0 saturated carbocycles. The third-order valence-electron chi connectivity index (χ3n) is 3.60. The van der Waals surface area contributed by atoms with E-state index in [9.17, 15) is 9.59 Å². The molecule has 8 heteroatoms. The molecule has 3 N–H and O–H groups in total. The van der Waals surface area contributed by atoms with Crippen molar-refractivity contribution in [3.63, 3.8) is 0 Å². The number of amides is 3. The van der Waals surface area contributed by atoms with Crippen LogP contribution in [0.1, 0.15) is 18.7 Å². The third-order valence-corrected chi connectivity index (χ3v) is 4.50. The number of hydrogen-bond acceptors (Lipinski definition) is 4. The minimum atomic E-state index is -0.326. The van der Waals surface area contributed by atoms with Crippen molar-refractivity contribution in [1.82, 2.24) is 20.9 Å². The molecule has 3 amide bonds. The zero-order chi connectivity index (χ0) is 17.4. The molecule has 24 heavy (non-hydrogen) atoms. The molecule has 1 atom stereocenters. The molecule has 1 aromatic heterocycles. The highest BCUT2D eigenvalue weighted by atomic mass is 32.1. The van der Waals surface area contributed by atoms with Gasteiger partial charge in [0.05, 0.1) is 6.54 Å². The number of carbonyl (C=O) groups is 2. The summed E-state index contributed by atoms with van der Waals surface area (Å²) >= 11 is 1.77. The Hall–Kier alpha value is -2.09. The van der Waals surface area contributed by atoms with E-state index < -0.39 is 0 Å². The number of guanidine groups is 1. The summed E-state index contributed by atoms with van der Waals surface area (Å²) in [6.45, 7) is 6.56. The zero-order valence-electron chi connectivity index (χ0n) is 14.2. The highest BCUT2D eigenvalue weighted by Gasteiger charge is 2.27. The first-order valence-corrected chi connectivity index (χ1v) is 9.11. The highest BCUT2D eigenvalue weighted by Crippen LogP contribution is 2.14. The Morgan fingerprint density at radius 3 is 2.92 bits per heavy atom. The lowest BCUT2D eigenvalue weighted by Gasteiger charge is -2.16. The molecule has 2 heterocycles. The molecule has 1 aliphatic rings. The predicted molar refractivity (Wildman–Crippen MR) is 96.3 cm³/mol. The summed E-state index contributed by atoms with van der Waals surface area (Å²) < 4.78 is 0. The molecular weight excluding hydrogens is 326 g/mol. The number of thiophene rings is 1. The molecular formula is C16H25N5O2S. The maximum atomic E-state index is 11.5. The Labute approximate surface area is 146 Å². The van der Waals surface area contributed by atoms with Crippen LogP contribution in [-0.4, -0.2) is 55.5 Å². The third kappa shape index (κ3) is 5.52. The Morgan fingerprint density at radius 2 is 2.29 bits per heavy atom. The predicted octanol–water partition coefficient (Wildman–Crippen LogP) is 1.03. The van der Waals surface area contributed by atoms with Gasteiger partial charge in [0.2, 0.25) is 5.91 Å². The van der Waals surface area contributed by atoms with E-state index in [4.69, 9.17) is 0 Å². The largest absolute Gasteiger partial charge is 0.357 e. The van der Waals surface area contributed by atoms with Gasteiger partial charge in [0.1, 0.15) is 0 Å². The first-order chi connectivity index (χ1) is 11.6. The Balaban J connectivity index is 1.77. The lowest BCUT2D eigenvalue weighted by Crippen LogP contribution is -2.43. The van der Waals surface area contributed by atoms with Gasteiger partial charge in [-0.2, -0.15) is 0 Å². The summed E-state index contributed by atoms with van der Waals surface area (Å²) in [5, 5.41) is 11.0. The number of nitrogens with one attached hydrogen (secondary N) is 3. The summed E-state index contributed by atoms with van der Waals surface area (Å²) in [5.41, 5.74) is 0. The van der Waals surface area contributed by atoms with Crippen molar-refractivity contribution in [2.45, 2.75) is 20.3 Å². The Morgan fingerprint density at radius 1 is 1.46 bits per heavy atom. The van der Waals surface area contributed by atoms with Crippen molar-refractivity contribution in [2.75, 3.05) is 32.7 Å². The van der Waals surface area contributed by atoms with Crippen LogP contribution in [0, 0.1) is 5.92 Å². The quantitative estimate of drug-likeness (QED) is 0.371. The van der Waals surface area contributed by atoms with Gasteiger partial charge in [-0.05, 0) is 30.7 Å². The number of urea groups is 1. The van der Waals surface area contributed by atoms with Gasteiger partial charge >= 0.3 is 6.03 Å². The molecule has 1 aliphatic heterocycles. The molecule has 1 unspecified atom stereocenters. The van der Waals surface area contributed by atoms with E-state index in [1.54, 1.807) is 11.3 Å². The average molecular weight is 351 g/mol. The van der Waals surface area contributed by atoms with Gasteiger partial charge < -0.3 is 16.0 Å². The molecule has 0 aromatic carbocycles. The van der Waals surface area contributed by atoms with E-state index in [0.29, 0.717) is 25.0 Å². The molecule has 1 saturated heterocycles. The van der Waals surface area contributed by atoms with Crippen LogP contribution >= 0.6 is 11.3 Å². The van der Waals surface area contributed by atoms with Crippen LogP contribution in [-0.2, 0) is 11.2 Å². The fourth-order valence-electron chi connectivity index (χ4n) is 2.39. The summed E-state index contributed by atoms with van der Waals surface area (Å²) in [7, 11) is 0. The van der Waals surface area contributed by atoms with Crippen LogP contribution < -0.4 is 16.0 Å². The topological polar surface area (TPSA) is 85.8 Å². The van der Waals surface area contributed by atoms with Gasteiger partial charge in [-0.3, -0.25) is 14.7 Å². The Kier molecular flexibility index (Phi) is 7.05. The van der Waals surface area contributed by atoms with Crippen LogP contribution in [0.2, 0.25) is 0 Å². The average Bonchev–Trinajstić information content (AvgIpc) is 3.17. The normalized spacial score (nSPS) is 16.2. The van der Waals surface area contributed by atoms with Gasteiger partial charge in [0.15, 0.2) is 5.96 Å². The molecule has 0 spiro atoms. The van der Waals surface area contributed by atoms with Crippen molar-refractivity contribution in [3.05, 3.63) is 22.4 Å². The van der Waals surface area contributed by atoms with Crippen molar-refractivity contribution >= 4 is 29.2 Å². The highest BCUT2D eigenvalue weighted by molar-refractivity contribution is 7.09. The van der Waals surface area contributed by atoms with Crippen molar-refractivity contribution in [1.29, 1.82) is 0 Å². The van der Waals surface area contributed by atoms with E-state index in [1.807, 2.05) is 6.92 Å². The fourth-order valence-corrected chi connectivity index (χ4v) is 3.26. The van der Waals surface area contributed by atoms with E-state index in [1.165, 1.54) is 9.78 Å². The first-order valence-electron chi connectivity index (χ1n) is 8.23. The minimum absolute atomic E-state index is 0.0905. The lowest BCUT2D eigenvalue weighted by molar-refractivity contribution is -0.124. The van der Waals surface area contributed by atoms with Gasteiger partial charge in [-0.1, -0.05) is 13.0 Å². The molecule has 0 aliphatic carbocycles. The second-order valence-corrected chi connectivity index (χ2v) is 6.77. The number of aliphatic imine (C=N–C) groups is 1. The zero-order valence-corrected chi connectivity index (χ0v) is 15.0. The van der Waals surface area contributed by atoms with Crippen molar-refractivity contribution in [3.8, 4) is 0 Å². The van der Waals surface area contributed by atoms with E-state index in [2.05, 4.69) is 45.4 Å². The smallest absolute Gasteiger partial charge is 0.324 e. The molecule has 0 bridgehead atoms. The lowest BCUT2D eigenvalue weighted by atomic mass is 10.1. The maximum Gasteiger partial charge on any atom is 0.324 e. The standard InChI is InChI=1S/C16H25N5O2S/c1-3-17-15(18-6-7-21-14(22)11-20-16(21)23)19-10-12(2)9-13-5-4-8-24-13/h4-5,8,12H,3,6-7,9-11H2,1-2H3,(H,20,23)(H2,17,18,19). The number of rotatable bonds is 8. The molecule has 1 aromatic rings. The second kappa shape index (κ2) is 9.27. The molecule has 0 radical (unpaired) electrons. The fraction of sp³-hybridized carbons (Fsp3) is 0.562. The van der Waals surface area contributed by atoms with Crippen LogP contribution in [0.3, 0.4) is 0 Å². The Bertz CT molecular complexity index is 557. The summed E-state index contributed by atoms with van der Waals surface area (Å²) in [4.78, 5) is 30.2. The summed E-state index contributed by atoms with van der Waals surface area (Å²) in [6.07, 6.45) is 1.02. The first kappa shape index (κ1) is 18.3. The van der Waals surface area contributed by atoms with Gasteiger partial charge in [-0.25, -0.2) is 4.79 Å². The van der Waals surface area contributed by atoms with Crippen LogP contribution in [0.15, 0.2) is 22.5 Å². The number of nitrogens with zero attached hydrogens (tertiary/aromatic N) is 2. The van der Waals surface area contributed by atoms with Crippen molar-refractivity contribution < 1.29 is 9.59 Å². The minimum Gasteiger partial charge on any atom is -0.357 e. The van der Waals surface area contributed by atoms with Crippen molar-refractivity contribution in [2.24, 2.45) is 10.9 Å². The maximum absolute atomic E-state index is 11.5. The second-order valence-electron chi connectivity index (χ2n) is 5.74. The summed E-state index contributed by atoms with van der Waals surface area (Å²) in [6, 6.07) is 3.89. The van der Waals surface area contributed by atoms with E-state index in [-0.39, 0.29) is 18.5 Å². The number of carbonyl (C=O) groups excluding carboxylic acids is 2. The number of imide groups is 1. The summed E-state index contributed by atoms with van der Waals surface area (Å²) in [5.74, 6) is 0.973. The molecule has 132 valence electrons. The van der Waals surface area contributed by atoms with E-state index >= 15 is 0 Å². The monoisotopic (exact) mass is 351 g/mol. The van der Waals surface area contributed by atoms with Gasteiger partial charge in [0, 0.05) is 31.1 Å². The van der Waals surface area contributed by atoms with Gasteiger partial charge in [0.25, 0.3) is 0 Å². The molecule has 2 rings (SSSR count). The molecule has 1 fully saturated rings.